The SMILES string of the molecule is Cc1ccc(C(C)O)c(OCCC(=O)NC(C)C)c1. The van der Waals surface area contributed by atoms with E-state index in [-0.39, 0.29) is 11.9 Å². The Morgan fingerprint density at radius 3 is 2.63 bits per heavy atom. The third-order valence-corrected chi connectivity index (χ3v) is 2.66. The minimum Gasteiger partial charge on any atom is -0.493 e. The van der Waals surface area contributed by atoms with Crippen molar-refractivity contribution in [1.29, 1.82) is 0 Å². The molecule has 0 saturated carbocycles. The minimum atomic E-state index is -0.583. The third kappa shape index (κ3) is 5.30. The lowest BCUT2D eigenvalue weighted by Gasteiger charge is -2.14. The molecule has 106 valence electrons. The van der Waals surface area contributed by atoms with Crippen LogP contribution in [0.5, 0.6) is 5.75 Å². The Morgan fingerprint density at radius 1 is 1.37 bits per heavy atom. The van der Waals surface area contributed by atoms with Gasteiger partial charge in [0.05, 0.1) is 19.1 Å². The molecule has 1 atom stereocenters. The number of aliphatic hydroxyl groups is 1. The first-order valence-corrected chi connectivity index (χ1v) is 6.61. The largest absolute Gasteiger partial charge is 0.493 e. The van der Waals surface area contributed by atoms with E-state index in [1.165, 1.54) is 0 Å². The Balaban J connectivity index is 2.57. The Hall–Kier alpha value is -1.55. The van der Waals surface area contributed by atoms with Crippen molar-refractivity contribution in [2.45, 2.75) is 46.3 Å². The average molecular weight is 265 g/mol. The van der Waals surface area contributed by atoms with Crippen molar-refractivity contribution in [2.24, 2.45) is 0 Å². The van der Waals surface area contributed by atoms with Crippen molar-refractivity contribution < 1.29 is 14.6 Å². The maximum atomic E-state index is 11.5. The van der Waals surface area contributed by atoms with Crippen LogP contribution in [0.4, 0.5) is 0 Å². The summed E-state index contributed by atoms with van der Waals surface area (Å²) in [4.78, 5) is 11.5. The number of ether oxygens (including phenoxy) is 1. The Kier molecular flexibility index (Phi) is 5.83. The van der Waals surface area contributed by atoms with Crippen molar-refractivity contribution in [3.05, 3.63) is 29.3 Å². The van der Waals surface area contributed by atoms with E-state index in [0.717, 1.165) is 11.1 Å². The summed E-state index contributed by atoms with van der Waals surface area (Å²) in [6.07, 6.45) is -0.272. The van der Waals surface area contributed by atoms with E-state index in [1.54, 1.807) is 6.92 Å². The van der Waals surface area contributed by atoms with Crippen LogP contribution in [0.25, 0.3) is 0 Å². The summed E-state index contributed by atoms with van der Waals surface area (Å²) in [5.41, 5.74) is 1.81. The molecule has 0 fully saturated rings. The predicted molar refractivity (Wildman–Crippen MR) is 75.2 cm³/mol. The molecule has 1 aromatic carbocycles. The summed E-state index contributed by atoms with van der Waals surface area (Å²) in [5.74, 6) is 0.619. The summed E-state index contributed by atoms with van der Waals surface area (Å²) in [6, 6.07) is 5.80. The molecule has 0 bridgehead atoms. The van der Waals surface area contributed by atoms with Gasteiger partial charge in [-0.1, -0.05) is 12.1 Å². The zero-order valence-corrected chi connectivity index (χ0v) is 12.1. The van der Waals surface area contributed by atoms with Gasteiger partial charge in [0.2, 0.25) is 5.91 Å². The van der Waals surface area contributed by atoms with Crippen LogP contribution in [0.15, 0.2) is 18.2 Å². The highest BCUT2D eigenvalue weighted by Gasteiger charge is 2.10. The van der Waals surface area contributed by atoms with Crippen molar-refractivity contribution in [3.8, 4) is 5.75 Å². The number of hydrogen-bond donors (Lipinski definition) is 2. The number of aryl methyl sites for hydroxylation is 1. The standard InChI is InChI=1S/C15H23NO3/c1-10(2)16-15(18)7-8-19-14-9-11(3)5-6-13(14)12(4)17/h5-6,9-10,12,17H,7-8H2,1-4H3,(H,16,18). The molecule has 2 N–H and O–H groups in total. The molecule has 4 heteroatoms. The number of carbonyl (C=O) groups is 1. The molecule has 0 aliphatic heterocycles. The minimum absolute atomic E-state index is 0.0266. The van der Waals surface area contributed by atoms with E-state index in [9.17, 15) is 9.90 Å². The number of carbonyl (C=O) groups excluding carboxylic acids is 1. The number of aliphatic hydroxyl groups excluding tert-OH is 1. The van der Waals surface area contributed by atoms with Gasteiger partial charge >= 0.3 is 0 Å². The first-order valence-electron chi connectivity index (χ1n) is 6.61. The van der Waals surface area contributed by atoms with Crippen LogP contribution in [0.1, 0.15) is 44.4 Å². The summed E-state index contributed by atoms with van der Waals surface area (Å²) >= 11 is 0. The third-order valence-electron chi connectivity index (χ3n) is 2.66. The molecule has 4 nitrogen and oxygen atoms in total. The fourth-order valence-electron chi connectivity index (χ4n) is 1.76. The van der Waals surface area contributed by atoms with Gasteiger partial charge in [0.15, 0.2) is 0 Å². The number of hydrogen-bond acceptors (Lipinski definition) is 3. The topological polar surface area (TPSA) is 58.6 Å². The fourth-order valence-corrected chi connectivity index (χ4v) is 1.76. The monoisotopic (exact) mass is 265 g/mol. The molecule has 19 heavy (non-hydrogen) atoms. The zero-order valence-electron chi connectivity index (χ0n) is 12.1. The van der Waals surface area contributed by atoms with Crippen LogP contribution in [-0.4, -0.2) is 23.7 Å². The summed E-state index contributed by atoms with van der Waals surface area (Å²) in [5, 5.41) is 12.5. The first-order chi connectivity index (χ1) is 8.90. The molecule has 0 aromatic heterocycles. The molecule has 0 aliphatic carbocycles. The number of amides is 1. The highest BCUT2D eigenvalue weighted by molar-refractivity contribution is 5.76. The lowest BCUT2D eigenvalue weighted by molar-refractivity contribution is -0.122. The van der Waals surface area contributed by atoms with E-state index >= 15 is 0 Å². The lowest BCUT2D eigenvalue weighted by atomic mass is 10.1. The highest BCUT2D eigenvalue weighted by Crippen LogP contribution is 2.26. The molecule has 1 rings (SSSR count). The van der Waals surface area contributed by atoms with Gasteiger partial charge in [-0.05, 0) is 39.3 Å². The summed E-state index contributed by atoms with van der Waals surface area (Å²) in [7, 11) is 0. The molecule has 0 aliphatic rings. The van der Waals surface area contributed by atoms with E-state index < -0.39 is 6.10 Å². The van der Waals surface area contributed by atoms with Crippen LogP contribution in [0.3, 0.4) is 0 Å². The van der Waals surface area contributed by atoms with Crippen LogP contribution in [-0.2, 0) is 4.79 Å². The van der Waals surface area contributed by atoms with E-state index in [2.05, 4.69) is 5.32 Å². The Morgan fingerprint density at radius 2 is 2.05 bits per heavy atom. The average Bonchev–Trinajstić information content (AvgIpc) is 2.27. The molecule has 0 heterocycles. The van der Waals surface area contributed by atoms with E-state index in [0.29, 0.717) is 18.8 Å². The maximum Gasteiger partial charge on any atom is 0.223 e. The van der Waals surface area contributed by atoms with Crippen LogP contribution in [0, 0.1) is 6.92 Å². The molecule has 1 amide bonds. The van der Waals surface area contributed by atoms with Gasteiger partial charge in [-0.3, -0.25) is 4.79 Å². The van der Waals surface area contributed by atoms with Gasteiger partial charge in [0.1, 0.15) is 5.75 Å². The zero-order chi connectivity index (χ0) is 14.4. The first kappa shape index (κ1) is 15.5. The molecule has 1 unspecified atom stereocenters. The normalized spacial score (nSPS) is 12.3. The van der Waals surface area contributed by atoms with Gasteiger partial charge in [0, 0.05) is 11.6 Å². The Bertz CT molecular complexity index is 427. The van der Waals surface area contributed by atoms with Crippen molar-refractivity contribution in [3.63, 3.8) is 0 Å². The maximum absolute atomic E-state index is 11.5. The quantitative estimate of drug-likeness (QED) is 0.830. The van der Waals surface area contributed by atoms with Crippen LogP contribution in [0.2, 0.25) is 0 Å². The molecular weight excluding hydrogens is 242 g/mol. The smallest absolute Gasteiger partial charge is 0.223 e. The van der Waals surface area contributed by atoms with Gasteiger partial charge < -0.3 is 15.2 Å². The summed E-state index contributed by atoms with van der Waals surface area (Å²) < 4.78 is 5.61. The summed E-state index contributed by atoms with van der Waals surface area (Å²) in [6.45, 7) is 7.81. The van der Waals surface area contributed by atoms with E-state index in [4.69, 9.17) is 4.74 Å². The second kappa shape index (κ2) is 7.14. The van der Waals surface area contributed by atoms with E-state index in [1.807, 2.05) is 39.0 Å². The lowest BCUT2D eigenvalue weighted by Crippen LogP contribution is -2.31. The number of rotatable bonds is 6. The predicted octanol–water partition coefficient (Wildman–Crippen LogP) is 2.34. The van der Waals surface area contributed by atoms with Gasteiger partial charge in [-0.25, -0.2) is 0 Å². The number of nitrogens with one attached hydrogen (secondary N) is 1. The van der Waals surface area contributed by atoms with Crippen molar-refractivity contribution in [1.82, 2.24) is 5.32 Å². The highest BCUT2D eigenvalue weighted by atomic mass is 16.5. The molecule has 1 aromatic rings. The second-order valence-corrected chi connectivity index (χ2v) is 5.04. The van der Waals surface area contributed by atoms with Crippen LogP contribution >= 0.6 is 0 Å². The Labute approximate surface area is 114 Å². The number of benzene rings is 1. The van der Waals surface area contributed by atoms with Crippen molar-refractivity contribution >= 4 is 5.91 Å². The van der Waals surface area contributed by atoms with Crippen molar-refractivity contribution in [2.75, 3.05) is 6.61 Å². The second-order valence-electron chi connectivity index (χ2n) is 5.04. The van der Waals surface area contributed by atoms with Crippen LogP contribution < -0.4 is 10.1 Å². The molecule has 0 spiro atoms. The molecule has 0 saturated heterocycles. The van der Waals surface area contributed by atoms with Gasteiger partial charge in [-0.15, -0.1) is 0 Å². The fraction of sp³-hybridized carbons (Fsp3) is 0.533. The van der Waals surface area contributed by atoms with Gasteiger partial charge in [0.25, 0.3) is 0 Å². The molecular formula is C15H23NO3. The van der Waals surface area contributed by atoms with Gasteiger partial charge in [-0.2, -0.15) is 0 Å². The molecule has 0 radical (unpaired) electrons.